The standard InChI is InChI=1S/C19H18N2O10/c1-6-9-5-7(31-17-15(26)13(24)12(23)14(25)16(17)27)3-4-8(9)11(22)10(20-6)18(28)21-19(2,29)30/h3-5,22-27,29-30H,1-2H3,(H,21,28). The number of nitrogens with zero attached hydrogens (tertiary/aromatic N) is 1. The molecule has 0 aliphatic heterocycles. The molecule has 0 bridgehead atoms. The van der Waals surface area contributed by atoms with E-state index in [4.69, 9.17) is 4.74 Å². The molecule has 0 unspecified atom stereocenters. The molecule has 31 heavy (non-hydrogen) atoms. The van der Waals surface area contributed by atoms with Crippen molar-refractivity contribution in [3.05, 3.63) is 29.6 Å². The summed E-state index contributed by atoms with van der Waals surface area (Å²) in [4.78, 5) is 16.1. The average Bonchev–Trinajstić information content (AvgIpc) is 2.69. The molecule has 0 atom stereocenters. The number of nitrogens with one attached hydrogen (secondary N) is 1. The molecule has 0 aliphatic rings. The molecule has 0 fully saturated rings. The lowest BCUT2D eigenvalue weighted by Gasteiger charge is -2.18. The van der Waals surface area contributed by atoms with Crippen molar-refractivity contribution in [1.29, 1.82) is 0 Å². The number of fused-ring (bicyclic) bond motifs is 1. The van der Waals surface area contributed by atoms with E-state index >= 15 is 0 Å². The lowest BCUT2D eigenvalue weighted by atomic mass is 10.1. The quantitative estimate of drug-likeness (QED) is 0.160. The Balaban J connectivity index is 2.07. The fourth-order valence-corrected chi connectivity index (χ4v) is 2.81. The van der Waals surface area contributed by atoms with Gasteiger partial charge in [-0.3, -0.25) is 4.79 Å². The highest BCUT2D eigenvalue weighted by atomic mass is 16.5. The van der Waals surface area contributed by atoms with Crippen molar-refractivity contribution < 1.29 is 50.4 Å². The average molecular weight is 434 g/mol. The van der Waals surface area contributed by atoms with E-state index in [9.17, 15) is 45.6 Å². The van der Waals surface area contributed by atoms with Crippen molar-refractivity contribution >= 4 is 16.7 Å². The number of aromatic nitrogens is 1. The number of benzene rings is 2. The summed E-state index contributed by atoms with van der Waals surface area (Å²) in [7, 11) is 0. The van der Waals surface area contributed by atoms with E-state index in [0.29, 0.717) is 0 Å². The second kappa shape index (κ2) is 7.27. The third kappa shape index (κ3) is 3.84. The normalized spacial score (nSPS) is 11.5. The Morgan fingerprint density at radius 1 is 0.903 bits per heavy atom. The Hall–Kier alpha value is -4.16. The van der Waals surface area contributed by atoms with Gasteiger partial charge in [0.15, 0.2) is 11.4 Å². The van der Waals surface area contributed by atoms with E-state index in [1.807, 2.05) is 5.32 Å². The Labute approximate surface area is 173 Å². The van der Waals surface area contributed by atoms with E-state index in [-0.39, 0.29) is 22.2 Å². The third-order valence-corrected chi connectivity index (χ3v) is 4.25. The fraction of sp³-hybridized carbons (Fsp3) is 0.158. The number of aliphatic hydroxyl groups is 2. The summed E-state index contributed by atoms with van der Waals surface area (Å²) in [6.07, 6.45) is 0. The van der Waals surface area contributed by atoms with Gasteiger partial charge in [-0.05, 0) is 25.1 Å². The van der Waals surface area contributed by atoms with Gasteiger partial charge in [0.1, 0.15) is 5.75 Å². The molecule has 0 saturated carbocycles. The first-order valence-electron chi connectivity index (χ1n) is 8.59. The monoisotopic (exact) mass is 434 g/mol. The maximum absolute atomic E-state index is 12.1. The van der Waals surface area contributed by atoms with Crippen LogP contribution in [-0.2, 0) is 0 Å². The molecular formula is C19H18N2O10. The van der Waals surface area contributed by atoms with Crippen LogP contribution in [0.15, 0.2) is 18.2 Å². The van der Waals surface area contributed by atoms with Crippen LogP contribution in [0.5, 0.6) is 46.0 Å². The first-order valence-corrected chi connectivity index (χ1v) is 8.59. The van der Waals surface area contributed by atoms with E-state index in [1.165, 1.54) is 25.1 Å². The Kier molecular flexibility index (Phi) is 5.05. The van der Waals surface area contributed by atoms with Gasteiger partial charge < -0.3 is 50.9 Å². The topological polar surface area (TPSA) is 213 Å². The first-order chi connectivity index (χ1) is 14.3. The third-order valence-electron chi connectivity index (χ3n) is 4.25. The van der Waals surface area contributed by atoms with Crippen LogP contribution < -0.4 is 10.1 Å². The first kappa shape index (κ1) is 21.5. The number of carbonyl (C=O) groups excluding carboxylic acids is 1. The largest absolute Gasteiger partial charge is 0.505 e. The number of phenolic OH excluding ortho intramolecular Hbond substituents is 5. The lowest BCUT2D eigenvalue weighted by molar-refractivity contribution is -0.160. The molecule has 9 N–H and O–H groups in total. The molecule has 12 heteroatoms. The lowest BCUT2D eigenvalue weighted by Crippen LogP contribution is -2.45. The number of rotatable bonds is 4. The van der Waals surface area contributed by atoms with E-state index in [1.54, 1.807) is 0 Å². The van der Waals surface area contributed by atoms with Crippen LogP contribution in [0, 0.1) is 6.92 Å². The molecule has 0 spiro atoms. The molecule has 0 radical (unpaired) electrons. The molecule has 0 aliphatic carbocycles. The predicted molar refractivity (Wildman–Crippen MR) is 103 cm³/mol. The number of carbonyl (C=O) groups is 1. The summed E-state index contributed by atoms with van der Waals surface area (Å²) in [5, 5.41) is 79.8. The number of hydrogen-bond donors (Lipinski definition) is 9. The van der Waals surface area contributed by atoms with Gasteiger partial charge in [0.25, 0.3) is 5.91 Å². The zero-order chi connectivity index (χ0) is 23.2. The van der Waals surface area contributed by atoms with E-state index in [0.717, 1.165) is 6.92 Å². The maximum atomic E-state index is 12.1. The van der Waals surface area contributed by atoms with Gasteiger partial charge in [0.05, 0.1) is 0 Å². The van der Waals surface area contributed by atoms with Gasteiger partial charge in [-0.15, -0.1) is 0 Å². The molecule has 0 saturated heterocycles. The molecule has 2 aromatic carbocycles. The molecule has 3 aromatic rings. The van der Waals surface area contributed by atoms with Gasteiger partial charge in [0, 0.05) is 23.4 Å². The van der Waals surface area contributed by atoms with Crippen LogP contribution in [0.2, 0.25) is 0 Å². The van der Waals surface area contributed by atoms with Crippen LogP contribution in [0.25, 0.3) is 10.8 Å². The fourth-order valence-electron chi connectivity index (χ4n) is 2.81. The summed E-state index contributed by atoms with van der Waals surface area (Å²) < 4.78 is 5.32. The highest BCUT2D eigenvalue weighted by Gasteiger charge is 2.26. The zero-order valence-corrected chi connectivity index (χ0v) is 16.1. The minimum absolute atomic E-state index is 0.0395. The molecule has 1 aromatic heterocycles. The van der Waals surface area contributed by atoms with Crippen LogP contribution in [0.3, 0.4) is 0 Å². The van der Waals surface area contributed by atoms with E-state index < -0.39 is 57.8 Å². The number of aromatic hydroxyl groups is 6. The molecular weight excluding hydrogens is 416 g/mol. The minimum atomic E-state index is -2.53. The number of hydrogen-bond acceptors (Lipinski definition) is 11. The van der Waals surface area contributed by atoms with Crippen molar-refractivity contribution in [3.63, 3.8) is 0 Å². The molecule has 12 nitrogen and oxygen atoms in total. The van der Waals surface area contributed by atoms with Crippen molar-refractivity contribution in [2.45, 2.75) is 19.8 Å². The number of pyridine rings is 1. The number of amides is 1. The van der Waals surface area contributed by atoms with Crippen LogP contribution in [0.4, 0.5) is 0 Å². The zero-order valence-electron chi connectivity index (χ0n) is 16.1. The number of phenols is 5. The molecule has 1 heterocycles. The predicted octanol–water partition coefficient (Wildman–Crippen LogP) is 0.957. The maximum Gasteiger partial charge on any atom is 0.277 e. The summed E-state index contributed by atoms with van der Waals surface area (Å²) in [5.74, 6) is -10.4. The smallest absolute Gasteiger partial charge is 0.277 e. The highest BCUT2D eigenvalue weighted by molar-refractivity contribution is 6.02. The summed E-state index contributed by atoms with van der Waals surface area (Å²) in [5.41, 5.74) is -0.234. The summed E-state index contributed by atoms with van der Waals surface area (Å²) >= 11 is 0. The second-order valence-corrected chi connectivity index (χ2v) is 6.75. The number of ether oxygens (including phenoxy) is 1. The Morgan fingerprint density at radius 3 is 2.00 bits per heavy atom. The van der Waals surface area contributed by atoms with Crippen LogP contribution >= 0.6 is 0 Å². The van der Waals surface area contributed by atoms with Gasteiger partial charge in [-0.25, -0.2) is 4.98 Å². The van der Waals surface area contributed by atoms with Gasteiger partial charge in [-0.2, -0.15) is 0 Å². The molecule has 1 amide bonds. The van der Waals surface area contributed by atoms with Gasteiger partial charge in [0.2, 0.25) is 40.4 Å². The van der Waals surface area contributed by atoms with E-state index in [2.05, 4.69) is 4.98 Å². The Bertz CT molecular complexity index is 1190. The van der Waals surface area contributed by atoms with Crippen LogP contribution in [0.1, 0.15) is 23.1 Å². The van der Waals surface area contributed by atoms with Gasteiger partial charge in [-0.1, -0.05) is 0 Å². The van der Waals surface area contributed by atoms with Crippen LogP contribution in [-0.4, -0.2) is 57.7 Å². The summed E-state index contributed by atoms with van der Waals surface area (Å²) in [6.45, 7) is 2.40. The highest BCUT2D eigenvalue weighted by Crippen LogP contribution is 2.56. The minimum Gasteiger partial charge on any atom is -0.505 e. The second-order valence-electron chi connectivity index (χ2n) is 6.75. The Morgan fingerprint density at radius 2 is 1.45 bits per heavy atom. The molecule has 164 valence electrons. The summed E-state index contributed by atoms with van der Waals surface area (Å²) in [6, 6.07) is 3.91. The van der Waals surface area contributed by atoms with Crippen molar-refractivity contribution in [2.75, 3.05) is 0 Å². The van der Waals surface area contributed by atoms with Crippen molar-refractivity contribution in [3.8, 4) is 46.0 Å². The molecule has 3 rings (SSSR count). The SMILES string of the molecule is Cc1nc(C(=O)NC(C)(O)O)c(O)c2ccc(Oc3c(O)c(O)c(O)c(O)c3O)cc12. The van der Waals surface area contributed by atoms with Crippen molar-refractivity contribution in [2.24, 2.45) is 0 Å². The number of aryl methyl sites for hydroxylation is 1. The van der Waals surface area contributed by atoms with Gasteiger partial charge >= 0.3 is 0 Å². The van der Waals surface area contributed by atoms with Crippen molar-refractivity contribution in [1.82, 2.24) is 10.3 Å².